The van der Waals surface area contributed by atoms with Gasteiger partial charge in [0.05, 0.1) is 5.60 Å². The predicted octanol–water partition coefficient (Wildman–Crippen LogP) is 3.44. The molecule has 2 unspecified atom stereocenters. The van der Waals surface area contributed by atoms with E-state index in [2.05, 4.69) is 0 Å². The molecular weight excluding hydrogens is 229 g/mol. The zero-order valence-corrected chi connectivity index (χ0v) is 12.1. The third kappa shape index (κ3) is 2.32. The van der Waals surface area contributed by atoms with Crippen LogP contribution in [0.1, 0.15) is 59.3 Å². The van der Waals surface area contributed by atoms with Gasteiger partial charge in [-0.3, -0.25) is 0 Å². The molecular formula is C15H28FNO. The molecule has 1 saturated carbocycles. The monoisotopic (exact) mass is 257 g/mol. The van der Waals surface area contributed by atoms with Gasteiger partial charge in [0, 0.05) is 13.2 Å². The van der Waals surface area contributed by atoms with Crippen molar-refractivity contribution >= 4 is 0 Å². The number of nitrogens with two attached hydrogens (primary N) is 1. The number of hydrogen-bond donors (Lipinski definition) is 1. The third-order valence-electron chi connectivity index (χ3n) is 5.20. The normalized spacial score (nSPS) is 31.5. The number of hydrogen-bond acceptors (Lipinski definition) is 2. The second-order valence-electron chi connectivity index (χ2n) is 7.24. The van der Waals surface area contributed by atoms with Crippen LogP contribution < -0.4 is 5.73 Å². The first-order valence-corrected chi connectivity index (χ1v) is 7.36. The highest BCUT2D eigenvalue weighted by molar-refractivity contribution is 5.03. The highest BCUT2D eigenvalue weighted by Gasteiger charge is 2.52. The highest BCUT2D eigenvalue weighted by Crippen LogP contribution is 2.50. The predicted molar refractivity (Wildman–Crippen MR) is 72.2 cm³/mol. The van der Waals surface area contributed by atoms with E-state index in [1.807, 2.05) is 20.8 Å². The van der Waals surface area contributed by atoms with Gasteiger partial charge in [0.15, 0.2) is 0 Å². The van der Waals surface area contributed by atoms with Crippen LogP contribution in [0.5, 0.6) is 0 Å². The van der Waals surface area contributed by atoms with Crippen molar-refractivity contribution in [1.29, 1.82) is 0 Å². The fraction of sp³-hybridized carbons (Fsp3) is 1.00. The average molecular weight is 257 g/mol. The van der Waals surface area contributed by atoms with Crippen molar-refractivity contribution in [2.45, 2.75) is 70.6 Å². The molecule has 1 saturated heterocycles. The van der Waals surface area contributed by atoms with Gasteiger partial charge in [0.1, 0.15) is 5.67 Å². The highest BCUT2D eigenvalue weighted by atomic mass is 19.1. The molecule has 0 aromatic heterocycles. The Kier molecular flexibility index (Phi) is 3.76. The van der Waals surface area contributed by atoms with Crippen LogP contribution in [0.15, 0.2) is 0 Å². The smallest absolute Gasteiger partial charge is 0.130 e. The summed E-state index contributed by atoms with van der Waals surface area (Å²) in [5.74, 6) is 0.0503. The fourth-order valence-electron chi connectivity index (χ4n) is 3.87. The van der Waals surface area contributed by atoms with Crippen LogP contribution in [-0.4, -0.2) is 24.4 Å². The van der Waals surface area contributed by atoms with Crippen molar-refractivity contribution < 1.29 is 9.13 Å². The van der Waals surface area contributed by atoms with Gasteiger partial charge in [-0.2, -0.15) is 0 Å². The molecule has 0 aromatic carbocycles. The number of alkyl halides is 1. The van der Waals surface area contributed by atoms with E-state index < -0.39 is 11.1 Å². The SMILES string of the molecule is CC(C)(C)C(F)(CN)C1CCOC2(CCCC2)C1. The van der Waals surface area contributed by atoms with E-state index in [1.165, 1.54) is 12.8 Å². The second-order valence-corrected chi connectivity index (χ2v) is 7.24. The van der Waals surface area contributed by atoms with Crippen LogP contribution in [0, 0.1) is 11.3 Å². The third-order valence-corrected chi connectivity index (χ3v) is 5.20. The molecule has 2 N–H and O–H groups in total. The Morgan fingerprint density at radius 1 is 1.28 bits per heavy atom. The molecule has 0 bridgehead atoms. The topological polar surface area (TPSA) is 35.2 Å². The maximum Gasteiger partial charge on any atom is 0.130 e. The van der Waals surface area contributed by atoms with E-state index in [1.54, 1.807) is 0 Å². The van der Waals surface area contributed by atoms with Crippen molar-refractivity contribution in [3.63, 3.8) is 0 Å². The molecule has 1 aliphatic heterocycles. The van der Waals surface area contributed by atoms with E-state index in [-0.39, 0.29) is 18.1 Å². The molecule has 1 aliphatic carbocycles. The summed E-state index contributed by atoms with van der Waals surface area (Å²) in [6, 6.07) is 0. The molecule has 3 heteroatoms. The minimum absolute atomic E-state index is 0.0271. The molecule has 18 heavy (non-hydrogen) atoms. The summed E-state index contributed by atoms with van der Waals surface area (Å²) in [6.07, 6.45) is 6.33. The number of ether oxygens (including phenoxy) is 1. The second kappa shape index (κ2) is 4.75. The lowest BCUT2D eigenvalue weighted by atomic mass is 9.65. The van der Waals surface area contributed by atoms with E-state index in [0.717, 1.165) is 25.7 Å². The molecule has 2 rings (SSSR count). The van der Waals surface area contributed by atoms with Crippen LogP contribution >= 0.6 is 0 Å². The molecule has 2 atom stereocenters. The van der Waals surface area contributed by atoms with Crippen LogP contribution in [0.2, 0.25) is 0 Å². The van der Waals surface area contributed by atoms with Gasteiger partial charge in [-0.25, -0.2) is 4.39 Å². The van der Waals surface area contributed by atoms with Gasteiger partial charge in [-0.05, 0) is 37.0 Å². The van der Waals surface area contributed by atoms with E-state index >= 15 is 4.39 Å². The molecule has 0 aromatic rings. The standard InChI is InChI=1S/C15H28FNO/c1-13(2,3)15(16,11-17)12-6-9-18-14(10-12)7-4-5-8-14/h12H,4-11,17H2,1-3H3. The average Bonchev–Trinajstić information content (AvgIpc) is 2.74. The summed E-state index contributed by atoms with van der Waals surface area (Å²) in [7, 11) is 0. The van der Waals surface area contributed by atoms with Gasteiger partial charge >= 0.3 is 0 Å². The first-order chi connectivity index (χ1) is 8.33. The first kappa shape index (κ1) is 14.3. The van der Waals surface area contributed by atoms with Crippen molar-refractivity contribution in [2.24, 2.45) is 17.1 Å². The molecule has 1 heterocycles. The lowest BCUT2D eigenvalue weighted by molar-refractivity contribution is -0.140. The Labute approximate surface area is 110 Å². The van der Waals surface area contributed by atoms with Gasteiger partial charge < -0.3 is 10.5 Å². The van der Waals surface area contributed by atoms with Crippen LogP contribution in [0.25, 0.3) is 0 Å². The van der Waals surface area contributed by atoms with Gasteiger partial charge in [-0.15, -0.1) is 0 Å². The summed E-state index contributed by atoms with van der Waals surface area (Å²) in [6.45, 7) is 6.73. The first-order valence-electron chi connectivity index (χ1n) is 7.36. The Hall–Kier alpha value is -0.150. The Balaban J connectivity index is 2.17. The van der Waals surface area contributed by atoms with Crippen molar-refractivity contribution in [3.8, 4) is 0 Å². The molecule has 2 aliphatic rings. The van der Waals surface area contributed by atoms with E-state index in [4.69, 9.17) is 10.5 Å². The minimum Gasteiger partial charge on any atom is -0.375 e. The summed E-state index contributed by atoms with van der Waals surface area (Å²) >= 11 is 0. The van der Waals surface area contributed by atoms with Crippen LogP contribution in [0.3, 0.4) is 0 Å². The Morgan fingerprint density at radius 3 is 2.39 bits per heavy atom. The van der Waals surface area contributed by atoms with Gasteiger partial charge in [0.2, 0.25) is 0 Å². The maximum atomic E-state index is 15.4. The molecule has 1 spiro atoms. The van der Waals surface area contributed by atoms with Crippen molar-refractivity contribution in [1.82, 2.24) is 0 Å². The van der Waals surface area contributed by atoms with E-state index in [0.29, 0.717) is 6.61 Å². The summed E-state index contributed by atoms with van der Waals surface area (Å²) in [5, 5.41) is 0. The number of halogens is 1. The zero-order chi connectivity index (χ0) is 13.4. The van der Waals surface area contributed by atoms with Crippen molar-refractivity contribution in [3.05, 3.63) is 0 Å². The molecule has 2 fully saturated rings. The Morgan fingerprint density at radius 2 is 1.89 bits per heavy atom. The summed E-state index contributed by atoms with van der Waals surface area (Å²) in [4.78, 5) is 0. The van der Waals surface area contributed by atoms with E-state index in [9.17, 15) is 0 Å². The van der Waals surface area contributed by atoms with Crippen LogP contribution in [-0.2, 0) is 4.74 Å². The lowest BCUT2D eigenvalue weighted by Crippen LogP contribution is -2.55. The summed E-state index contributed by atoms with van der Waals surface area (Å²) < 4.78 is 21.4. The molecule has 0 radical (unpaired) electrons. The lowest BCUT2D eigenvalue weighted by Gasteiger charge is -2.48. The largest absolute Gasteiger partial charge is 0.375 e. The quantitative estimate of drug-likeness (QED) is 0.822. The molecule has 0 amide bonds. The summed E-state index contributed by atoms with van der Waals surface area (Å²) in [5.41, 5.74) is 4.10. The Bertz CT molecular complexity index is 293. The molecule has 106 valence electrons. The fourth-order valence-corrected chi connectivity index (χ4v) is 3.87. The zero-order valence-electron chi connectivity index (χ0n) is 12.1. The van der Waals surface area contributed by atoms with Crippen LogP contribution in [0.4, 0.5) is 4.39 Å². The van der Waals surface area contributed by atoms with Gasteiger partial charge in [0.25, 0.3) is 0 Å². The van der Waals surface area contributed by atoms with Crippen molar-refractivity contribution in [2.75, 3.05) is 13.2 Å². The molecule has 2 nitrogen and oxygen atoms in total. The van der Waals surface area contributed by atoms with Gasteiger partial charge in [-0.1, -0.05) is 33.6 Å². The minimum atomic E-state index is -1.27. The number of rotatable bonds is 2. The maximum absolute atomic E-state index is 15.4.